The molecule has 1 amide bonds. The van der Waals surface area contributed by atoms with Crippen molar-refractivity contribution in [2.24, 2.45) is 0 Å². The molecule has 30 heavy (non-hydrogen) atoms. The van der Waals surface area contributed by atoms with Gasteiger partial charge in [-0.05, 0) is 43.3 Å². The van der Waals surface area contributed by atoms with E-state index in [1.165, 1.54) is 5.56 Å². The van der Waals surface area contributed by atoms with Gasteiger partial charge in [-0.1, -0.05) is 29.8 Å². The van der Waals surface area contributed by atoms with E-state index in [9.17, 15) is 4.79 Å². The first kappa shape index (κ1) is 19.7. The van der Waals surface area contributed by atoms with Crippen molar-refractivity contribution >= 4 is 23.2 Å². The fourth-order valence-corrected chi connectivity index (χ4v) is 3.48. The zero-order valence-electron chi connectivity index (χ0n) is 17.2. The zero-order chi connectivity index (χ0) is 20.9. The Morgan fingerprint density at radius 2 is 1.67 bits per heavy atom. The number of carbonyl (C=O) groups is 1. The molecule has 1 aliphatic heterocycles. The molecular formula is C23H25N5O2. The number of methoxy groups -OCH3 is 1. The highest BCUT2D eigenvalue weighted by atomic mass is 16.5. The number of nitrogens with zero attached hydrogens (tertiary/aromatic N) is 4. The van der Waals surface area contributed by atoms with Gasteiger partial charge in [0, 0.05) is 31.9 Å². The van der Waals surface area contributed by atoms with Crippen LogP contribution in [0.1, 0.15) is 15.9 Å². The first-order chi connectivity index (χ1) is 14.6. The highest BCUT2D eigenvalue weighted by Gasteiger charge is 2.24. The van der Waals surface area contributed by atoms with Crippen LogP contribution in [0.2, 0.25) is 0 Å². The molecule has 0 aliphatic carbocycles. The fourth-order valence-electron chi connectivity index (χ4n) is 3.48. The lowest BCUT2D eigenvalue weighted by atomic mass is 10.1. The second-order valence-electron chi connectivity index (χ2n) is 7.25. The lowest BCUT2D eigenvalue weighted by molar-refractivity contribution is 0.0743. The average molecular weight is 403 g/mol. The first-order valence-electron chi connectivity index (χ1n) is 9.99. The topological polar surface area (TPSA) is 70.6 Å². The van der Waals surface area contributed by atoms with Gasteiger partial charge in [0.05, 0.1) is 12.7 Å². The third-order valence-electron chi connectivity index (χ3n) is 5.20. The highest BCUT2D eigenvalue weighted by molar-refractivity contribution is 5.97. The number of hydrogen-bond acceptors (Lipinski definition) is 6. The van der Waals surface area contributed by atoms with Gasteiger partial charge in [0.25, 0.3) is 5.91 Å². The number of carbonyl (C=O) groups excluding carboxylic acids is 1. The van der Waals surface area contributed by atoms with E-state index in [-0.39, 0.29) is 5.91 Å². The molecule has 2 heterocycles. The number of amides is 1. The van der Waals surface area contributed by atoms with Crippen LogP contribution in [-0.2, 0) is 0 Å². The number of ether oxygens (including phenoxy) is 1. The SMILES string of the molecule is COc1ccccc1C(=O)N1CCN(c2ccc(Nc3ccc(C)cc3)nn2)CC1. The summed E-state index contributed by atoms with van der Waals surface area (Å²) in [7, 11) is 1.58. The molecule has 154 valence electrons. The molecule has 0 radical (unpaired) electrons. The molecule has 1 fully saturated rings. The number of rotatable bonds is 5. The van der Waals surface area contributed by atoms with Crippen LogP contribution < -0.4 is 15.0 Å². The summed E-state index contributed by atoms with van der Waals surface area (Å²) >= 11 is 0. The molecular weight excluding hydrogens is 378 g/mol. The maximum atomic E-state index is 12.9. The summed E-state index contributed by atoms with van der Waals surface area (Å²) in [5.41, 5.74) is 2.79. The van der Waals surface area contributed by atoms with Crippen molar-refractivity contribution in [1.29, 1.82) is 0 Å². The van der Waals surface area contributed by atoms with Crippen LogP contribution in [0, 0.1) is 6.92 Å². The molecule has 0 spiro atoms. The van der Waals surface area contributed by atoms with Crippen molar-refractivity contribution in [3.63, 3.8) is 0 Å². The van der Waals surface area contributed by atoms with Crippen LogP contribution >= 0.6 is 0 Å². The van der Waals surface area contributed by atoms with Gasteiger partial charge in [-0.3, -0.25) is 4.79 Å². The maximum absolute atomic E-state index is 12.9. The maximum Gasteiger partial charge on any atom is 0.257 e. The predicted molar refractivity (Wildman–Crippen MR) is 118 cm³/mol. The molecule has 4 rings (SSSR count). The molecule has 0 saturated carbocycles. The predicted octanol–water partition coefficient (Wildman–Crippen LogP) is 3.50. The molecule has 2 aromatic carbocycles. The number of anilines is 3. The molecule has 7 heteroatoms. The van der Waals surface area contributed by atoms with Crippen LogP contribution in [0.3, 0.4) is 0 Å². The first-order valence-corrected chi connectivity index (χ1v) is 9.99. The Balaban J connectivity index is 1.36. The standard InChI is InChI=1S/C23H25N5O2/c1-17-7-9-18(10-8-17)24-21-11-12-22(26-25-21)27-13-15-28(16-14-27)23(29)19-5-3-4-6-20(19)30-2/h3-12H,13-16H2,1-2H3,(H,24,25). The Bertz CT molecular complexity index is 997. The van der Waals surface area contributed by atoms with Crippen molar-refractivity contribution in [2.45, 2.75) is 6.92 Å². The van der Waals surface area contributed by atoms with E-state index in [4.69, 9.17) is 4.74 Å². The minimum atomic E-state index is -0.00386. The monoisotopic (exact) mass is 403 g/mol. The Labute approximate surface area is 176 Å². The molecule has 0 unspecified atom stereocenters. The van der Waals surface area contributed by atoms with E-state index in [0.29, 0.717) is 43.3 Å². The number of aromatic nitrogens is 2. The average Bonchev–Trinajstić information content (AvgIpc) is 2.81. The van der Waals surface area contributed by atoms with Crippen LogP contribution in [0.15, 0.2) is 60.7 Å². The van der Waals surface area contributed by atoms with Crippen LogP contribution in [0.25, 0.3) is 0 Å². The summed E-state index contributed by atoms with van der Waals surface area (Å²) in [6.45, 7) is 4.73. The van der Waals surface area contributed by atoms with E-state index in [1.54, 1.807) is 13.2 Å². The van der Waals surface area contributed by atoms with Gasteiger partial charge in [-0.2, -0.15) is 0 Å². The quantitative estimate of drug-likeness (QED) is 0.703. The molecule has 7 nitrogen and oxygen atoms in total. The smallest absolute Gasteiger partial charge is 0.257 e. The van der Waals surface area contributed by atoms with Gasteiger partial charge in [0.2, 0.25) is 0 Å². The third kappa shape index (κ3) is 4.35. The molecule has 1 N–H and O–H groups in total. The normalized spacial score (nSPS) is 13.8. The summed E-state index contributed by atoms with van der Waals surface area (Å²) in [6, 6.07) is 19.4. The number of aryl methyl sites for hydroxylation is 1. The van der Waals surface area contributed by atoms with E-state index < -0.39 is 0 Å². The number of nitrogens with one attached hydrogen (secondary N) is 1. The molecule has 1 aromatic heterocycles. The van der Waals surface area contributed by atoms with Crippen LogP contribution in [0.4, 0.5) is 17.3 Å². The van der Waals surface area contributed by atoms with Crippen molar-refractivity contribution < 1.29 is 9.53 Å². The van der Waals surface area contributed by atoms with Crippen molar-refractivity contribution in [3.05, 3.63) is 71.8 Å². The molecule has 1 aliphatic rings. The van der Waals surface area contributed by atoms with Gasteiger partial charge in [-0.15, -0.1) is 10.2 Å². The van der Waals surface area contributed by atoms with Crippen LogP contribution in [0.5, 0.6) is 5.75 Å². The lowest BCUT2D eigenvalue weighted by Crippen LogP contribution is -2.49. The highest BCUT2D eigenvalue weighted by Crippen LogP contribution is 2.22. The Kier molecular flexibility index (Phi) is 5.79. The van der Waals surface area contributed by atoms with Crippen molar-refractivity contribution in [3.8, 4) is 5.75 Å². The van der Waals surface area contributed by atoms with E-state index in [1.807, 2.05) is 47.4 Å². The summed E-state index contributed by atoms with van der Waals surface area (Å²) in [5, 5.41) is 11.9. The summed E-state index contributed by atoms with van der Waals surface area (Å²) in [5.74, 6) is 2.12. The molecule has 0 atom stereocenters. The largest absolute Gasteiger partial charge is 0.496 e. The van der Waals surface area contributed by atoms with Gasteiger partial charge in [0.15, 0.2) is 11.6 Å². The van der Waals surface area contributed by atoms with Gasteiger partial charge in [-0.25, -0.2) is 0 Å². The second-order valence-corrected chi connectivity index (χ2v) is 7.25. The summed E-state index contributed by atoms with van der Waals surface area (Å²) < 4.78 is 5.33. The minimum absolute atomic E-state index is 0.00386. The Morgan fingerprint density at radius 3 is 2.33 bits per heavy atom. The Morgan fingerprint density at radius 1 is 0.933 bits per heavy atom. The molecule has 3 aromatic rings. The number of para-hydroxylation sites is 1. The van der Waals surface area contributed by atoms with Crippen molar-refractivity contribution in [1.82, 2.24) is 15.1 Å². The number of hydrogen-bond donors (Lipinski definition) is 1. The number of piperazine rings is 1. The number of benzene rings is 2. The van der Waals surface area contributed by atoms with Gasteiger partial charge < -0.3 is 19.9 Å². The summed E-state index contributed by atoms with van der Waals surface area (Å²) in [4.78, 5) is 16.9. The third-order valence-corrected chi connectivity index (χ3v) is 5.20. The van der Waals surface area contributed by atoms with Gasteiger partial charge >= 0.3 is 0 Å². The minimum Gasteiger partial charge on any atom is -0.496 e. The van der Waals surface area contributed by atoms with E-state index >= 15 is 0 Å². The Hall–Kier alpha value is -3.61. The molecule has 0 bridgehead atoms. The van der Waals surface area contributed by atoms with E-state index in [0.717, 1.165) is 11.5 Å². The lowest BCUT2D eigenvalue weighted by Gasteiger charge is -2.35. The van der Waals surface area contributed by atoms with Crippen molar-refractivity contribution in [2.75, 3.05) is 43.5 Å². The zero-order valence-corrected chi connectivity index (χ0v) is 17.2. The second kappa shape index (κ2) is 8.82. The van der Waals surface area contributed by atoms with E-state index in [2.05, 4.69) is 39.5 Å². The fraction of sp³-hybridized carbons (Fsp3) is 0.261. The molecule has 1 saturated heterocycles. The van der Waals surface area contributed by atoms with Crippen LogP contribution in [-0.4, -0.2) is 54.3 Å². The van der Waals surface area contributed by atoms with Gasteiger partial charge in [0.1, 0.15) is 5.75 Å². The summed E-state index contributed by atoms with van der Waals surface area (Å²) in [6.07, 6.45) is 0.